The zero-order chi connectivity index (χ0) is 14.9. The molecule has 0 aromatic rings. The fourth-order valence-electron chi connectivity index (χ4n) is 1.87. The second kappa shape index (κ2) is 17.9. The SMILES string of the molecule is CCCCC(CC)OC(CC)CCCC.OCCO. The Morgan fingerprint density at radius 2 is 1.11 bits per heavy atom. The molecule has 0 aromatic heterocycles. The predicted octanol–water partition coefficient (Wildman–Crippen LogP) is 3.91. The summed E-state index contributed by atoms with van der Waals surface area (Å²) in [4.78, 5) is 0. The van der Waals surface area contributed by atoms with E-state index in [0.29, 0.717) is 12.2 Å². The van der Waals surface area contributed by atoms with Crippen LogP contribution < -0.4 is 0 Å². The highest BCUT2D eigenvalue weighted by atomic mass is 16.5. The van der Waals surface area contributed by atoms with E-state index in [9.17, 15) is 0 Å². The van der Waals surface area contributed by atoms with E-state index in [1.165, 1.54) is 51.4 Å². The van der Waals surface area contributed by atoms with Gasteiger partial charge in [-0.2, -0.15) is 0 Å². The molecule has 0 saturated heterocycles. The average molecular weight is 276 g/mol. The van der Waals surface area contributed by atoms with E-state index in [1.54, 1.807) is 0 Å². The Balaban J connectivity index is 0. The molecule has 0 rings (SSSR count). The van der Waals surface area contributed by atoms with E-state index in [2.05, 4.69) is 27.7 Å². The van der Waals surface area contributed by atoms with Crippen molar-refractivity contribution in [1.29, 1.82) is 0 Å². The first-order chi connectivity index (χ1) is 9.19. The van der Waals surface area contributed by atoms with Crippen molar-refractivity contribution in [2.75, 3.05) is 13.2 Å². The minimum atomic E-state index is -0.125. The summed E-state index contributed by atoms with van der Waals surface area (Å²) in [6.45, 7) is 8.74. The van der Waals surface area contributed by atoms with Crippen LogP contribution in [0.5, 0.6) is 0 Å². The molecule has 118 valence electrons. The maximum atomic E-state index is 7.62. The molecule has 3 nitrogen and oxygen atoms in total. The van der Waals surface area contributed by atoms with Gasteiger partial charge in [-0.1, -0.05) is 53.4 Å². The summed E-state index contributed by atoms with van der Waals surface area (Å²) in [5.41, 5.74) is 0. The molecule has 0 bridgehead atoms. The maximum Gasteiger partial charge on any atom is 0.0662 e. The predicted molar refractivity (Wildman–Crippen MR) is 82.5 cm³/mol. The van der Waals surface area contributed by atoms with Crippen LogP contribution in [0.1, 0.15) is 79.1 Å². The smallest absolute Gasteiger partial charge is 0.0662 e. The highest BCUT2D eigenvalue weighted by Gasteiger charge is 2.12. The average Bonchev–Trinajstić information content (AvgIpc) is 2.47. The van der Waals surface area contributed by atoms with Gasteiger partial charge >= 0.3 is 0 Å². The molecule has 0 saturated carbocycles. The van der Waals surface area contributed by atoms with Crippen LogP contribution in [0.4, 0.5) is 0 Å². The van der Waals surface area contributed by atoms with Gasteiger partial charge in [0, 0.05) is 0 Å². The molecule has 0 amide bonds. The van der Waals surface area contributed by atoms with Crippen molar-refractivity contribution < 1.29 is 14.9 Å². The summed E-state index contributed by atoms with van der Waals surface area (Å²) >= 11 is 0. The first kappa shape index (κ1) is 21.2. The van der Waals surface area contributed by atoms with Crippen LogP contribution in [0, 0.1) is 0 Å². The minimum Gasteiger partial charge on any atom is -0.394 e. The van der Waals surface area contributed by atoms with Gasteiger partial charge < -0.3 is 14.9 Å². The van der Waals surface area contributed by atoms with E-state index in [0.717, 1.165) is 0 Å². The van der Waals surface area contributed by atoms with Gasteiger partial charge in [-0.25, -0.2) is 0 Å². The Labute approximate surface area is 120 Å². The third-order valence-corrected chi connectivity index (χ3v) is 3.15. The van der Waals surface area contributed by atoms with Crippen molar-refractivity contribution in [2.24, 2.45) is 0 Å². The lowest BCUT2D eigenvalue weighted by atomic mass is 10.1. The molecule has 0 aliphatic carbocycles. The monoisotopic (exact) mass is 276 g/mol. The van der Waals surface area contributed by atoms with E-state index < -0.39 is 0 Å². The zero-order valence-electron chi connectivity index (χ0n) is 13.5. The zero-order valence-corrected chi connectivity index (χ0v) is 13.5. The molecule has 0 aromatic carbocycles. The van der Waals surface area contributed by atoms with Gasteiger partial charge in [0.15, 0.2) is 0 Å². The molecule has 0 heterocycles. The van der Waals surface area contributed by atoms with Crippen molar-refractivity contribution in [1.82, 2.24) is 0 Å². The van der Waals surface area contributed by atoms with Crippen LogP contribution in [0.15, 0.2) is 0 Å². The Morgan fingerprint density at radius 3 is 1.32 bits per heavy atom. The summed E-state index contributed by atoms with van der Waals surface area (Å²) in [5.74, 6) is 0. The molecule has 19 heavy (non-hydrogen) atoms. The van der Waals surface area contributed by atoms with E-state index in [1.807, 2.05) is 0 Å². The number of ether oxygens (including phenoxy) is 1. The van der Waals surface area contributed by atoms with Crippen LogP contribution in [-0.2, 0) is 4.74 Å². The van der Waals surface area contributed by atoms with Gasteiger partial charge in [0.05, 0.1) is 25.4 Å². The molecule has 0 aliphatic heterocycles. The Kier molecular flexibility index (Phi) is 19.9. The molecule has 2 N–H and O–H groups in total. The second-order valence-corrected chi connectivity index (χ2v) is 4.93. The van der Waals surface area contributed by atoms with Gasteiger partial charge in [-0.3, -0.25) is 0 Å². The Hall–Kier alpha value is -0.120. The van der Waals surface area contributed by atoms with E-state index in [-0.39, 0.29) is 13.2 Å². The number of aliphatic hydroxyl groups is 2. The van der Waals surface area contributed by atoms with Gasteiger partial charge in [-0.15, -0.1) is 0 Å². The second-order valence-electron chi connectivity index (χ2n) is 4.93. The maximum absolute atomic E-state index is 7.62. The lowest BCUT2D eigenvalue weighted by Gasteiger charge is -2.23. The standard InChI is InChI=1S/C14H30O.C2H6O2/c1-5-9-11-13(7-3)15-14(8-4)12-10-6-2;3-1-2-4/h13-14H,5-12H2,1-4H3;3-4H,1-2H2. The number of unbranched alkanes of at least 4 members (excludes halogenated alkanes) is 2. The minimum absolute atomic E-state index is 0.125. The summed E-state index contributed by atoms with van der Waals surface area (Å²) in [6, 6.07) is 0. The summed E-state index contributed by atoms with van der Waals surface area (Å²) in [6.07, 6.45) is 11.0. The van der Waals surface area contributed by atoms with Gasteiger partial charge in [0.25, 0.3) is 0 Å². The van der Waals surface area contributed by atoms with Crippen LogP contribution in [0.25, 0.3) is 0 Å². The first-order valence-electron chi connectivity index (χ1n) is 8.07. The van der Waals surface area contributed by atoms with Crippen molar-refractivity contribution in [3.63, 3.8) is 0 Å². The number of rotatable bonds is 11. The topological polar surface area (TPSA) is 49.7 Å². The highest BCUT2D eigenvalue weighted by Crippen LogP contribution is 2.16. The Morgan fingerprint density at radius 1 is 0.737 bits per heavy atom. The van der Waals surface area contributed by atoms with Crippen LogP contribution >= 0.6 is 0 Å². The largest absolute Gasteiger partial charge is 0.394 e. The number of hydrogen-bond donors (Lipinski definition) is 2. The van der Waals surface area contributed by atoms with E-state index >= 15 is 0 Å². The molecule has 3 heteroatoms. The van der Waals surface area contributed by atoms with Crippen molar-refractivity contribution >= 4 is 0 Å². The summed E-state index contributed by atoms with van der Waals surface area (Å²) < 4.78 is 6.15. The van der Waals surface area contributed by atoms with Crippen molar-refractivity contribution in [3.05, 3.63) is 0 Å². The molecule has 0 spiro atoms. The van der Waals surface area contributed by atoms with Crippen LogP contribution in [0.3, 0.4) is 0 Å². The molecule has 2 unspecified atom stereocenters. The lowest BCUT2D eigenvalue weighted by Crippen LogP contribution is -2.21. The van der Waals surface area contributed by atoms with Crippen molar-refractivity contribution in [2.45, 2.75) is 91.3 Å². The lowest BCUT2D eigenvalue weighted by molar-refractivity contribution is -0.0253. The fourth-order valence-corrected chi connectivity index (χ4v) is 1.87. The fraction of sp³-hybridized carbons (Fsp3) is 1.00. The third kappa shape index (κ3) is 15.8. The summed E-state index contributed by atoms with van der Waals surface area (Å²) in [7, 11) is 0. The third-order valence-electron chi connectivity index (χ3n) is 3.15. The molecule has 2 atom stereocenters. The highest BCUT2D eigenvalue weighted by molar-refractivity contribution is 4.62. The molecule has 0 aliphatic rings. The van der Waals surface area contributed by atoms with Gasteiger partial charge in [0.1, 0.15) is 0 Å². The number of hydrogen-bond acceptors (Lipinski definition) is 3. The van der Waals surface area contributed by atoms with Crippen LogP contribution in [0.2, 0.25) is 0 Å². The van der Waals surface area contributed by atoms with Crippen molar-refractivity contribution in [3.8, 4) is 0 Å². The molecule has 0 fully saturated rings. The van der Waals surface area contributed by atoms with Gasteiger partial charge in [0.2, 0.25) is 0 Å². The quantitative estimate of drug-likeness (QED) is 0.601. The molecule has 0 radical (unpaired) electrons. The first-order valence-corrected chi connectivity index (χ1v) is 8.07. The normalized spacial score (nSPS) is 13.6. The summed E-state index contributed by atoms with van der Waals surface area (Å²) in [5, 5.41) is 15.2. The van der Waals surface area contributed by atoms with Gasteiger partial charge in [-0.05, 0) is 25.7 Å². The molecular weight excluding hydrogens is 240 g/mol. The molecular formula is C16H36O3. The van der Waals surface area contributed by atoms with E-state index in [4.69, 9.17) is 14.9 Å². The van der Waals surface area contributed by atoms with Crippen LogP contribution in [-0.4, -0.2) is 35.6 Å². The Bertz CT molecular complexity index is 135. The number of aliphatic hydroxyl groups excluding tert-OH is 2.